The zero-order chi connectivity index (χ0) is 24.7. The van der Waals surface area contributed by atoms with Gasteiger partial charge in [0.1, 0.15) is 11.5 Å². The van der Waals surface area contributed by atoms with E-state index in [9.17, 15) is 0 Å². The number of hydrogen-bond donors (Lipinski definition) is 1. The number of ether oxygens (including phenoxy) is 1. The standard InChI is InChI=1S/C31H38N4O/c1-34(26-14-7-3-8-15-26)21-11-18-30(24-12-5-2-6-13-24)35-23-25-22-28(19-20-29(25)33-31(35)32)36-27-16-9-4-10-17-27/h2,4-6,9-10,12-13,16-17,19-20,22,26,30H,3,7-8,11,14-15,18,21,23H2,1H3,(H2,32,33)/t30-/m0/s1. The summed E-state index contributed by atoms with van der Waals surface area (Å²) in [5, 5.41) is 0. The van der Waals surface area contributed by atoms with E-state index >= 15 is 0 Å². The molecule has 36 heavy (non-hydrogen) atoms. The first-order valence-electron chi connectivity index (χ1n) is 13.4. The van der Waals surface area contributed by atoms with E-state index in [-0.39, 0.29) is 6.04 Å². The molecular formula is C31H38N4O. The van der Waals surface area contributed by atoms with Crippen LogP contribution in [0.1, 0.15) is 62.1 Å². The molecule has 1 fully saturated rings. The summed E-state index contributed by atoms with van der Waals surface area (Å²) >= 11 is 0. The summed E-state index contributed by atoms with van der Waals surface area (Å²) in [6, 6.07) is 27.6. The van der Waals surface area contributed by atoms with Crippen LogP contribution in [0.5, 0.6) is 11.5 Å². The van der Waals surface area contributed by atoms with Gasteiger partial charge in [-0.25, -0.2) is 4.99 Å². The van der Waals surface area contributed by atoms with Crippen LogP contribution in [0.3, 0.4) is 0 Å². The molecule has 5 rings (SSSR count). The summed E-state index contributed by atoms with van der Waals surface area (Å²) < 4.78 is 6.10. The maximum atomic E-state index is 6.58. The van der Waals surface area contributed by atoms with Gasteiger partial charge in [0.25, 0.3) is 0 Å². The normalized spacial score (nSPS) is 16.9. The first kappa shape index (κ1) is 24.4. The van der Waals surface area contributed by atoms with Crippen LogP contribution in [0.25, 0.3) is 0 Å². The molecule has 1 atom stereocenters. The van der Waals surface area contributed by atoms with Crippen molar-refractivity contribution in [1.82, 2.24) is 9.80 Å². The van der Waals surface area contributed by atoms with Crippen molar-refractivity contribution in [3.05, 3.63) is 90.0 Å². The molecule has 0 bridgehead atoms. The molecule has 3 aromatic rings. The minimum atomic E-state index is 0.182. The number of guanidine groups is 1. The van der Waals surface area contributed by atoms with E-state index in [1.165, 1.54) is 37.7 Å². The lowest BCUT2D eigenvalue weighted by Gasteiger charge is -2.37. The summed E-state index contributed by atoms with van der Waals surface area (Å²) in [6.07, 6.45) is 8.99. The van der Waals surface area contributed by atoms with Crippen LogP contribution in [-0.2, 0) is 6.54 Å². The molecular weight excluding hydrogens is 444 g/mol. The number of fused-ring (bicyclic) bond motifs is 1. The van der Waals surface area contributed by atoms with Crippen LogP contribution in [0.15, 0.2) is 83.9 Å². The molecule has 1 saturated carbocycles. The zero-order valence-corrected chi connectivity index (χ0v) is 21.4. The number of rotatable bonds is 9. The lowest BCUT2D eigenvalue weighted by Crippen LogP contribution is -2.41. The summed E-state index contributed by atoms with van der Waals surface area (Å²) in [4.78, 5) is 9.64. The molecule has 0 amide bonds. The molecule has 2 aliphatic rings. The molecule has 2 N–H and O–H groups in total. The monoisotopic (exact) mass is 482 g/mol. The Bertz CT molecular complexity index is 1140. The largest absolute Gasteiger partial charge is 0.457 e. The van der Waals surface area contributed by atoms with Crippen LogP contribution in [0.2, 0.25) is 0 Å². The lowest BCUT2D eigenvalue weighted by molar-refractivity contribution is 0.180. The Morgan fingerprint density at radius 2 is 1.67 bits per heavy atom. The first-order chi connectivity index (χ1) is 17.7. The van der Waals surface area contributed by atoms with Gasteiger partial charge in [0.2, 0.25) is 0 Å². The first-order valence-corrected chi connectivity index (χ1v) is 13.4. The molecule has 1 aliphatic heterocycles. The fraction of sp³-hybridized carbons (Fsp3) is 0.387. The van der Waals surface area contributed by atoms with Crippen LogP contribution >= 0.6 is 0 Å². The highest BCUT2D eigenvalue weighted by molar-refractivity contribution is 5.84. The summed E-state index contributed by atoms with van der Waals surface area (Å²) in [7, 11) is 2.30. The van der Waals surface area contributed by atoms with Crippen LogP contribution < -0.4 is 10.5 Å². The molecule has 188 valence electrons. The molecule has 0 aromatic heterocycles. The Morgan fingerprint density at radius 1 is 0.944 bits per heavy atom. The number of hydrogen-bond acceptors (Lipinski definition) is 5. The quantitative estimate of drug-likeness (QED) is 0.356. The van der Waals surface area contributed by atoms with Gasteiger partial charge < -0.3 is 20.3 Å². The van der Waals surface area contributed by atoms with Crippen LogP contribution in [-0.4, -0.2) is 35.4 Å². The molecule has 1 heterocycles. The molecule has 0 spiro atoms. The minimum Gasteiger partial charge on any atom is -0.457 e. The van der Waals surface area contributed by atoms with Crippen molar-refractivity contribution in [2.75, 3.05) is 13.6 Å². The second-order valence-corrected chi connectivity index (χ2v) is 10.1. The average molecular weight is 483 g/mol. The topological polar surface area (TPSA) is 54.1 Å². The van der Waals surface area contributed by atoms with Crippen molar-refractivity contribution in [2.45, 2.75) is 63.6 Å². The zero-order valence-electron chi connectivity index (χ0n) is 21.4. The third-order valence-electron chi connectivity index (χ3n) is 7.65. The molecule has 5 heteroatoms. The lowest BCUT2D eigenvalue weighted by atomic mass is 9.94. The fourth-order valence-electron chi connectivity index (χ4n) is 5.62. The Kier molecular flexibility index (Phi) is 7.87. The van der Waals surface area contributed by atoms with Gasteiger partial charge in [0.05, 0.1) is 11.7 Å². The molecule has 3 aromatic carbocycles. The maximum absolute atomic E-state index is 6.58. The van der Waals surface area contributed by atoms with E-state index in [4.69, 9.17) is 15.5 Å². The second kappa shape index (κ2) is 11.6. The summed E-state index contributed by atoms with van der Waals surface area (Å²) in [5.74, 6) is 2.24. The number of nitrogens with zero attached hydrogens (tertiary/aromatic N) is 3. The van der Waals surface area contributed by atoms with E-state index in [0.29, 0.717) is 12.5 Å². The third kappa shape index (κ3) is 5.90. The van der Waals surface area contributed by atoms with Gasteiger partial charge in [-0.15, -0.1) is 0 Å². The highest BCUT2D eigenvalue weighted by atomic mass is 16.5. The van der Waals surface area contributed by atoms with E-state index in [0.717, 1.165) is 48.2 Å². The van der Waals surface area contributed by atoms with E-state index in [1.54, 1.807) is 0 Å². The Labute approximate surface area is 215 Å². The van der Waals surface area contributed by atoms with E-state index in [1.807, 2.05) is 42.5 Å². The number of aliphatic imine (C=N–C) groups is 1. The molecule has 0 unspecified atom stereocenters. The number of para-hydroxylation sites is 1. The van der Waals surface area contributed by atoms with Crippen molar-refractivity contribution in [3.63, 3.8) is 0 Å². The second-order valence-electron chi connectivity index (χ2n) is 10.1. The SMILES string of the molecule is CN(CCC[C@@H](c1ccccc1)N1Cc2cc(Oc3ccccc3)ccc2N=C1N)C1CCCCC1. The predicted octanol–water partition coefficient (Wildman–Crippen LogP) is 7.03. The Balaban J connectivity index is 1.31. The smallest absolute Gasteiger partial charge is 0.197 e. The van der Waals surface area contributed by atoms with E-state index in [2.05, 4.69) is 53.2 Å². The third-order valence-corrected chi connectivity index (χ3v) is 7.65. The van der Waals surface area contributed by atoms with Crippen LogP contribution in [0.4, 0.5) is 5.69 Å². The van der Waals surface area contributed by atoms with Gasteiger partial charge in [-0.2, -0.15) is 0 Å². The predicted molar refractivity (Wildman–Crippen MR) is 148 cm³/mol. The summed E-state index contributed by atoms with van der Waals surface area (Å²) in [5.41, 5.74) is 9.93. The number of benzene rings is 3. The molecule has 1 aliphatic carbocycles. The van der Waals surface area contributed by atoms with Gasteiger partial charge in [0.15, 0.2) is 5.96 Å². The Morgan fingerprint density at radius 3 is 2.42 bits per heavy atom. The van der Waals surface area contributed by atoms with Gasteiger partial charge in [-0.3, -0.25) is 0 Å². The van der Waals surface area contributed by atoms with Crippen molar-refractivity contribution in [1.29, 1.82) is 0 Å². The van der Waals surface area contributed by atoms with E-state index < -0.39 is 0 Å². The van der Waals surface area contributed by atoms with Crippen LogP contribution in [0, 0.1) is 0 Å². The van der Waals surface area contributed by atoms with Gasteiger partial charge in [-0.05, 0) is 75.2 Å². The highest BCUT2D eigenvalue weighted by Gasteiger charge is 2.27. The Hall–Kier alpha value is -3.31. The van der Waals surface area contributed by atoms with Crippen molar-refractivity contribution in [2.24, 2.45) is 10.7 Å². The van der Waals surface area contributed by atoms with Crippen molar-refractivity contribution in [3.8, 4) is 11.5 Å². The number of nitrogens with two attached hydrogens (primary N) is 1. The van der Waals surface area contributed by atoms with Gasteiger partial charge >= 0.3 is 0 Å². The maximum Gasteiger partial charge on any atom is 0.197 e. The molecule has 0 saturated heterocycles. The minimum absolute atomic E-state index is 0.182. The molecule has 5 nitrogen and oxygen atoms in total. The molecule has 0 radical (unpaired) electrons. The summed E-state index contributed by atoms with van der Waals surface area (Å²) in [6.45, 7) is 1.83. The average Bonchev–Trinajstić information content (AvgIpc) is 2.92. The van der Waals surface area contributed by atoms with Crippen molar-refractivity contribution >= 4 is 11.6 Å². The fourth-order valence-corrected chi connectivity index (χ4v) is 5.62. The van der Waals surface area contributed by atoms with Gasteiger partial charge in [0, 0.05) is 18.2 Å². The highest BCUT2D eigenvalue weighted by Crippen LogP contribution is 2.36. The van der Waals surface area contributed by atoms with Crippen molar-refractivity contribution < 1.29 is 4.74 Å². The van der Waals surface area contributed by atoms with Gasteiger partial charge in [-0.1, -0.05) is 67.8 Å².